The lowest BCUT2D eigenvalue weighted by molar-refractivity contribution is 0.296. The van der Waals surface area contributed by atoms with Crippen LogP contribution in [-0.2, 0) is 6.54 Å². The fourth-order valence-corrected chi connectivity index (χ4v) is 4.97. The molecular weight excluding hydrogens is 475 g/mol. The average molecular weight is 503 g/mol. The summed E-state index contributed by atoms with van der Waals surface area (Å²) >= 11 is 6.26. The minimum atomic E-state index is -0.351. The average Bonchev–Trinajstić information content (AvgIpc) is 3.18. The van der Waals surface area contributed by atoms with Crippen LogP contribution in [-0.4, -0.2) is 32.4 Å². The first kappa shape index (κ1) is 24.2. The number of hydrogen-bond acceptors (Lipinski definition) is 4. The number of aromatic nitrogens is 2. The topological polar surface area (TPSA) is 50.5 Å². The van der Waals surface area contributed by atoms with Gasteiger partial charge < -0.3 is 4.90 Å². The van der Waals surface area contributed by atoms with Crippen molar-refractivity contribution in [1.29, 1.82) is 0 Å². The predicted octanol–water partition coefficient (Wildman–Crippen LogP) is 6.15. The lowest BCUT2D eigenvalue weighted by atomic mass is 10.1. The summed E-state index contributed by atoms with van der Waals surface area (Å²) in [7, 11) is 0. The van der Waals surface area contributed by atoms with E-state index in [9.17, 15) is 9.18 Å². The highest BCUT2D eigenvalue weighted by Crippen LogP contribution is 2.32. The maximum Gasteiger partial charge on any atom is 0.261 e. The van der Waals surface area contributed by atoms with Crippen LogP contribution < -0.4 is 5.56 Å². The predicted molar refractivity (Wildman–Crippen MR) is 143 cm³/mol. The van der Waals surface area contributed by atoms with E-state index in [1.54, 1.807) is 35.8 Å². The molecule has 1 unspecified atom stereocenters. The van der Waals surface area contributed by atoms with Crippen LogP contribution in [0.4, 0.5) is 4.39 Å². The van der Waals surface area contributed by atoms with Crippen molar-refractivity contribution in [2.75, 3.05) is 6.54 Å². The van der Waals surface area contributed by atoms with E-state index in [-0.39, 0.29) is 23.0 Å². The molecule has 4 aromatic rings. The molecule has 0 saturated carbocycles. The van der Waals surface area contributed by atoms with E-state index in [4.69, 9.17) is 21.6 Å². The molecule has 184 valence electrons. The van der Waals surface area contributed by atoms with Gasteiger partial charge in [-0.2, -0.15) is 0 Å². The first-order valence-corrected chi connectivity index (χ1v) is 12.4. The number of aryl methyl sites for hydroxylation is 1. The molecule has 1 aliphatic rings. The van der Waals surface area contributed by atoms with Gasteiger partial charge in [0.1, 0.15) is 17.5 Å². The van der Waals surface area contributed by atoms with Crippen LogP contribution in [0.1, 0.15) is 49.3 Å². The number of fused-ring (bicyclic) bond motifs is 1. The SMILES string of the molecule is Cc1cc(C2=NC(C)(C)CN2C(C)c2nc3cc(Cl)ccc3c(=O)n2Cc2ccccc2)ccc1F. The first-order chi connectivity index (χ1) is 17.1. The molecule has 3 aromatic carbocycles. The second-order valence-corrected chi connectivity index (χ2v) is 10.5. The van der Waals surface area contributed by atoms with Gasteiger partial charge in [0.15, 0.2) is 0 Å². The van der Waals surface area contributed by atoms with Gasteiger partial charge in [0.2, 0.25) is 0 Å². The summed E-state index contributed by atoms with van der Waals surface area (Å²) in [6.07, 6.45) is 0. The molecule has 2 heterocycles. The monoisotopic (exact) mass is 502 g/mol. The molecule has 1 aromatic heterocycles. The van der Waals surface area contributed by atoms with Gasteiger partial charge in [-0.25, -0.2) is 9.37 Å². The van der Waals surface area contributed by atoms with E-state index in [1.165, 1.54) is 6.07 Å². The Labute approximate surface area is 214 Å². The number of nitrogens with zero attached hydrogens (tertiary/aromatic N) is 4. The van der Waals surface area contributed by atoms with Gasteiger partial charge >= 0.3 is 0 Å². The third-order valence-electron chi connectivity index (χ3n) is 6.63. The standard InChI is InChI=1S/C29H28ClFN4O/c1-18-14-21(10-13-24(18)31)27-33-29(3,4)17-35(27)19(2)26-32-25-15-22(30)11-12-23(25)28(36)34(26)16-20-8-6-5-7-9-20/h5-15,19H,16-17H2,1-4H3. The zero-order valence-electron chi connectivity index (χ0n) is 20.8. The summed E-state index contributed by atoms with van der Waals surface area (Å²) in [5.74, 6) is 1.14. The molecule has 5 rings (SSSR count). The Morgan fingerprint density at radius 3 is 2.56 bits per heavy atom. The van der Waals surface area contributed by atoms with Crippen molar-refractivity contribution in [1.82, 2.24) is 14.5 Å². The number of halogens is 2. The molecular formula is C29H28ClFN4O. The summed E-state index contributed by atoms with van der Waals surface area (Å²) in [4.78, 5) is 25.8. The van der Waals surface area contributed by atoms with Gasteiger partial charge in [0.25, 0.3) is 5.56 Å². The van der Waals surface area contributed by atoms with Crippen LogP contribution in [0.15, 0.2) is 76.5 Å². The molecule has 0 fully saturated rings. The number of benzene rings is 3. The van der Waals surface area contributed by atoms with Crippen LogP contribution in [0.25, 0.3) is 10.9 Å². The summed E-state index contributed by atoms with van der Waals surface area (Å²) in [5, 5.41) is 1.05. The van der Waals surface area contributed by atoms with Crippen molar-refractivity contribution in [3.05, 3.63) is 110 Å². The van der Waals surface area contributed by atoms with Gasteiger partial charge in [-0.3, -0.25) is 14.4 Å². The second-order valence-electron chi connectivity index (χ2n) is 10.0. The van der Waals surface area contributed by atoms with Gasteiger partial charge in [0.05, 0.1) is 29.0 Å². The lowest BCUT2D eigenvalue weighted by Gasteiger charge is -2.31. The van der Waals surface area contributed by atoms with Crippen LogP contribution >= 0.6 is 11.6 Å². The largest absolute Gasteiger partial charge is 0.344 e. The smallest absolute Gasteiger partial charge is 0.261 e. The minimum absolute atomic E-state index is 0.114. The van der Waals surface area contributed by atoms with Crippen molar-refractivity contribution in [2.45, 2.75) is 45.8 Å². The highest BCUT2D eigenvalue weighted by molar-refractivity contribution is 6.31. The number of amidine groups is 1. The van der Waals surface area contributed by atoms with E-state index in [1.807, 2.05) is 43.3 Å². The molecule has 0 radical (unpaired) electrons. The maximum absolute atomic E-state index is 14.0. The lowest BCUT2D eigenvalue weighted by Crippen LogP contribution is -2.38. The fraction of sp³-hybridized carbons (Fsp3) is 0.276. The van der Waals surface area contributed by atoms with Crippen LogP contribution in [0.2, 0.25) is 5.02 Å². The van der Waals surface area contributed by atoms with Crippen molar-refractivity contribution in [3.63, 3.8) is 0 Å². The summed E-state index contributed by atoms with van der Waals surface area (Å²) in [5.41, 5.74) is 2.51. The van der Waals surface area contributed by atoms with Gasteiger partial charge in [-0.1, -0.05) is 41.9 Å². The molecule has 7 heteroatoms. The number of hydrogen-bond donors (Lipinski definition) is 0. The molecule has 0 amide bonds. The van der Waals surface area contributed by atoms with Crippen molar-refractivity contribution < 1.29 is 4.39 Å². The Bertz CT molecular complexity index is 1540. The van der Waals surface area contributed by atoms with Gasteiger partial charge in [-0.15, -0.1) is 0 Å². The third kappa shape index (κ3) is 4.53. The van der Waals surface area contributed by atoms with Crippen LogP contribution in [0, 0.1) is 12.7 Å². The molecule has 1 aliphatic heterocycles. The molecule has 36 heavy (non-hydrogen) atoms. The molecule has 0 N–H and O–H groups in total. The highest BCUT2D eigenvalue weighted by Gasteiger charge is 2.36. The van der Waals surface area contributed by atoms with Gasteiger partial charge in [-0.05, 0) is 75.2 Å². The Kier molecular flexibility index (Phi) is 6.17. The Hall–Kier alpha value is -3.51. The van der Waals surface area contributed by atoms with E-state index in [2.05, 4.69) is 18.7 Å². The second kappa shape index (κ2) is 9.17. The molecule has 0 aliphatic carbocycles. The van der Waals surface area contributed by atoms with Crippen molar-refractivity contribution in [2.24, 2.45) is 4.99 Å². The first-order valence-electron chi connectivity index (χ1n) is 12.0. The molecule has 0 saturated heterocycles. The zero-order chi connectivity index (χ0) is 25.6. The summed E-state index contributed by atoms with van der Waals surface area (Å²) in [6, 6.07) is 19.8. The normalized spacial score (nSPS) is 15.8. The summed E-state index contributed by atoms with van der Waals surface area (Å²) < 4.78 is 15.8. The Balaban J connectivity index is 1.66. The van der Waals surface area contributed by atoms with Crippen molar-refractivity contribution >= 4 is 28.3 Å². The van der Waals surface area contributed by atoms with Gasteiger partial charge in [0, 0.05) is 17.1 Å². The summed E-state index contributed by atoms with van der Waals surface area (Å²) in [6.45, 7) is 8.95. The highest BCUT2D eigenvalue weighted by atomic mass is 35.5. The van der Waals surface area contributed by atoms with Crippen molar-refractivity contribution in [3.8, 4) is 0 Å². The fourth-order valence-electron chi connectivity index (χ4n) is 4.80. The quantitative estimate of drug-likeness (QED) is 0.329. The Morgan fingerprint density at radius 1 is 1.08 bits per heavy atom. The molecule has 0 bridgehead atoms. The number of rotatable bonds is 5. The van der Waals surface area contributed by atoms with E-state index >= 15 is 0 Å². The van der Waals surface area contributed by atoms with Crippen LogP contribution in [0.5, 0.6) is 0 Å². The van der Waals surface area contributed by atoms with Crippen LogP contribution in [0.3, 0.4) is 0 Å². The molecule has 0 spiro atoms. The number of aliphatic imine (C=N–C) groups is 1. The zero-order valence-corrected chi connectivity index (χ0v) is 21.6. The minimum Gasteiger partial charge on any atom is -0.344 e. The van der Waals surface area contributed by atoms with E-state index in [0.29, 0.717) is 40.4 Å². The third-order valence-corrected chi connectivity index (χ3v) is 6.86. The Morgan fingerprint density at radius 2 is 1.83 bits per heavy atom. The maximum atomic E-state index is 14.0. The van der Waals surface area contributed by atoms with E-state index in [0.717, 1.165) is 17.0 Å². The molecule has 5 nitrogen and oxygen atoms in total. The molecule has 1 atom stereocenters. The van der Waals surface area contributed by atoms with E-state index < -0.39 is 0 Å².